The molecular formula is C17H18F2N2O. The van der Waals surface area contributed by atoms with Crippen LogP contribution in [-0.2, 0) is 17.8 Å². The molecule has 0 atom stereocenters. The molecule has 2 N–H and O–H groups in total. The van der Waals surface area contributed by atoms with E-state index >= 15 is 0 Å². The van der Waals surface area contributed by atoms with Crippen molar-refractivity contribution in [1.29, 1.82) is 0 Å². The zero-order valence-electron chi connectivity index (χ0n) is 12.3. The third-order valence-electron chi connectivity index (χ3n) is 3.21. The maximum Gasteiger partial charge on any atom is 0.228 e. The van der Waals surface area contributed by atoms with Gasteiger partial charge in [0.2, 0.25) is 5.91 Å². The van der Waals surface area contributed by atoms with Crippen LogP contribution in [0.5, 0.6) is 0 Å². The van der Waals surface area contributed by atoms with Crippen molar-refractivity contribution < 1.29 is 13.6 Å². The van der Waals surface area contributed by atoms with E-state index in [-0.39, 0.29) is 12.3 Å². The first kappa shape index (κ1) is 16.1. The predicted molar refractivity (Wildman–Crippen MR) is 82.5 cm³/mol. The molecule has 0 saturated heterocycles. The smallest absolute Gasteiger partial charge is 0.228 e. The van der Waals surface area contributed by atoms with E-state index in [2.05, 4.69) is 10.6 Å². The zero-order valence-corrected chi connectivity index (χ0v) is 12.3. The molecule has 22 heavy (non-hydrogen) atoms. The van der Waals surface area contributed by atoms with E-state index in [1.54, 1.807) is 0 Å². The van der Waals surface area contributed by atoms with Crippen LogP contribution in [0.1, 0.15) is 18.1 Å². The van der Waals surface area contributed by atoms with Gasteiger partial charge in [-0.15, -0.1) is 0 Å². The molecule has 0 heterocycles. The fourth-order valence-electron chi connectivity index (χ4n) is 2.09. The Morgan fingerprint density at radius 1 is 1.09 bits per heavy atom. The van der Waals surface area contributed by atoms with Gasteiger partial charge < -0.3 is 10.6 Å². The highest BCUT2D eigenvalue weighted by molar-refractivity contribution is 5.93. The van der Waals surface area contributed by atoms with E-state index in [9.17, 15) is 13.6 Å². The van der Waals surface area contributed by atoms with Gasteiger partial charge in [-0.05, 0) is 35.9 Å². The molecule has 0 fully saturated rings. The molecule has 3 nitrogen and oxygen atoms in total. The van der Waals surface area contributed by atoms with Gasteiger partial charge in [0.05, 0.1) is 6.42 Å². The SMILES string of the molecule is CCNCc1ccccc1NC(=O)Cc1ccc(F)c(F)c1. The summed E-state index contributed by atoms with van der Waals surface area (Å²) < 4.78 is 26.0. The summed E-state index contributed by atoms with van der Waals surface area (Å²) in [7, 11) is 0. The van der Waals surface area contributed by atoms with Crippen LogP contribution in [0, 0.1) is 11.6 Å². The Labute approximate surface area is 128 Å². The Kier molecular flexibility index (Phi) is 5.61. The molecule has 0 saturated carbocycles. The normalized spacial score (nSPS) is 10.5. The van der Waals surface area contributed by atoms with Crippen LogP contribution in [0.25, 0.3) is 0 Å². The molecule has 0 spiro atoms. The lowest BCUT2D eigenvalue weighted by Gasteiger charge is -2.11. The second-order valence-electron chi connectivity index (χ2n) is 4.91. The van der Waals surface area contributed by atoms with E-state index in [0.717, 1.165) is 29.9 Å². The Morgan fingerprint density at radius 3 is 2.59 bits per heavy atom. The van der Waals surface area contributed by atoms with Gasteiger partial charge in [0.1, 0.15) is 0 Å². The van der Waals surface area contributed by atoms with Crippen LogP contribution >= 0.6 is 0 Å². The maximum atomic E-state index is 13.1. The summed E-state index contributed by atoms with van der Waals surface area (Å²) in [4.78, 5) is 12.1. The molecule has 2 rings (SSSR count). The van der Waals surface area contributed by atoms with E-state index in [0.29, 0.717) is 12.1 Å². The summed E-state index contributed by atoms with van der Waals surface area (Å²) in [6.45, 7) is 3.49. The summed E-state index contributed by atoms with van der Waals surface area (Å²) in [6, 6.07) is 10.9. The molecule has 0 radical (unpaired) electrons. The Morgan fingerprint density at radius 2 is 1.86 bits per heavy atom. The number of benzene rings is 2. The second kappa shape index (κ2) is 7.66. The second-order valence-corrected chi connectivity index (χ2v) is 4.91. The van der Waals surface area contributed by atoms with Crippen molar-refractivity contribution in [2.75, 3.05) is 11.9 Å². The quantitative estimate of drug-likeness (QED) is 0.860. The van der Waals surface area contributed by atoms with Gasteiger partial charge in [0.25, 0.3) is 0 Å². The van der Waals surface area contributed by atoms with Crippen molar-refractivity contribution in [3.8, 4) is 0 Å². The molecule has 1 amide bonds. The third kappa shape index (κ3) is 4.36. The van der Waals surface area contributed by atoms with E-state index in [1.807, 2.05) is 31.2 Å². The summed E-state index contributed by atoms with van der Waals surface area (Å²) in [6.07, 6.45) is -0.00720. The van der Waals surface area contributed by atoms with Crippen molar-refractivity contribution >= 4 is 11.6 Å². The third-order valence-corrected chi connectivity index (χ3v) is 3.21. The highest BCUT2D eigenvalue weighted by Gasteiger charge is 2.09. The van der Waals surface area contributed by atoms with Gasteiger partial charge in [-0.25, -0.2) is 8.78 Å². The fraction of sp³-hybridized carbons (Fsp3) is 0.235. The first-order valence-electron chi connectivity index (χ1n) is 7.12. The van der Waals surface area contributed by atoms with Crippen molar-refractivity contribution in [2.45, 2.75) is 19.9 Å². The number of hydrogen-bond donors (Lipinski definition) is 2. The first-order chi connectivity index (χ1) is 10.6. The lowest BCUT2D eigenvalue weighted by Crippen LogP contribution is -2.18. The molecule has 116 valence electrons. The van der Waals surface area contributed by atoms with Crippen molar-refractivity contribution in [3.63, 3.8) is 0 Å². The average Bonchev–Trinajstić information content (AvgIpc) is 2.50. The minimum absolute atomic E-state index is 0.00720. The Bertz CT molecular complexity index is 659. The molecule has 0 aromatic heterocycles. The Balaban J connectivity index is 2.04. The van der Waals surface area contributed by atoms with Crippen molar-refractivity contribution in [3.05, 3.63) is 65.2 Å². The van der Waals surface area contributed by atoms with Crippen LogP contribution in [0.3, 0.4) is 0 Å². The predicted octanol–water partition coefficient (Wildman–Crippen LogP) is 3.26. The average molecular weight is 304 g/mol. The summed E-state index contributed by atoms with van der Waals surface area (Å²) >= 11 is 0. The monoisotopic (exact) mass is 304 g/mol. The van der Waals surface area contributed by atoms with Crippen LogP contribution in [0.4, 0.5) is 14.5 Å². The molecule has 0 aliphatic rings. The molecule has 5 heteroatoms. The van der Waals surface area contributed by atoms with Crippen molar-refractivity contribution in [1.82, 2.24) is 5.32 Å². The van der Waals surface area contributed by atoms with Crippen LogP contribution < -0.4 is 10.6 Å². The van der Waals surface area contributed by atoms with Gasteiger partial charge in [-0.1, -0.05) is 31.2 Å². The van der Waals surface area contributed by atoms with Crippen LogP contribution in [-0.4, -0.2) is 12.5 Å². The zero-order chi connectivity index (χ0) is 15.9. The van der Waals surface area contributed by atoms with Gasteiger partial charge >= 0.3 is 0 Å². The van der Waals surface area contributed by atoms with Gasteiger partial charge in [-0.3, -0.25) is 4.79 Å². The maximum absolute atomic E-state index is 13.1. The minimum atomic E-state index is -0.946. The van der Waals surface area contributed by atoms with Gasteiger partial charge in [0, 0.05) is 12.2 Å². The van der Waals surface area contributed by atoms with Crippen molar-refractivity contribution in [2.24, 2.45) is 0 Å². The highest BCUT2D eigenvalue weighted by Crippen LogP contribution is 2.16. The van der Waals surface area contributed by atoms with Crippen LogP contribution in [0.2, 0.25) is 0 Å². The molecule has 2 aromatic rings. The van der Waals surface area contributed by atoms with Crippen LogP contribution in [0.15, 0.2) is 42.5 Å². The van der Waals surface area contributed by atoms with Gasteiger partial charge in [0.15, 0.2) is 11.6 Å². The number of anilines is 1. The molecular weight excluding hydrogens is 286 g/mol. The number of hydrogen-bond acceptors (Lipinski definition) is 2. The standard InChI is InChI=1S/C17H18F2N2O/c1-2-20-11-13-5-3-4-6-16(13)21-17(22)10-12-7-8-14(18)15(19)9-12/h3-9,20H,2,10-11H2,1H3,(H,21,22). The van der Waals surface area contributed by atoms with E-state index < -0.39 is 11.6 Å². The lowest BCUT2D eigenvalue weighted by atomic mass is 10.1. The lowest BCUT2D eigenvalue weighted by molar-refractivity contribution is -0.115. The number of para-hydroxylation sites is 1. The molecule has 0 bridgehead atoms. The first-order valence-corrected chi connectivity index (χ1v) is 7.12. The Hall–Kier alpha value is -2.27. The number of rotatable bonds is 6. The topological polar surface area (TPSA) is 41.1 Å². The number of amides is 1. The highest BCUT2D eigenvalue weighted by atomic mass is 19.2. The summed E-state index contributed by atoms with van der Waals surface area (Å²) in [5.74, 6) is -2.13. The fourth-order valence-corrected chi connectivity index (χ4v) is 2.09. The van der Waals surface area contributed by atoms with Gasteiger partial charge in [-0.2, -0.15) is 0 Å². The summed E-state index contributed by atoms with van der Waals surface area (Å²) in [5.41, 5.74) is 2.12. The number of nitrogens with one attached hydrogen (secondary N) is 2. The molecule has 0 aliphatic carbocycles. The number of carbonyl (C=O) groups is 1. The largest absolute Gasteiger partial charge is 0.325 e. The molecule has 0 unspecified atom stereocenters. The van der Waals surface area contributed by atoms with E-state index in [1.165, 1.54) is 6.07 Å². The number of halogens is 2. The number of carbonyl (C=O) groups excluding carboxylic acids is 1. The minimum Gasteiger partial charge on any atom is -0.325 e. The summed E-state index contributed by atoms with van der Waals surface area (Å²) in [5, 5.41) is 6.01. The van der Waals surface area contributed by atoms with E-state index in [4.69, 9.17) is 0 Å². The molecule has 2 aromatic carbocycles. The molecule has 0 aliphatic heterocycles.